The first-order chi connectivity index (χ1) is 10.1. The normalized spacial score (nSPS) is 10.5. The molecule has 0 unspecified atom stereocenters. The summed E-state index contributed by atoms with van der Waals surface area (Å²) in [5.74, 6) is -2.36. The number of carbonyl (C=O) groups excluding carboxylic acids is 1. The van der Waals surface area contributed by atoms with Gasteiger partial charge in [0.1, 0.15) is 5.82 Å². The summed E-state index contributed by atoms with van der Waals surface area (Å²) in [6.45, 7) is 0. The number of carbonyl (C=O) groups is 2. The quantitative estimate of drug-likeness (QED) is 0.839. The Kier molecular flexibility index (Phi) is 4.35. The second kappa shape index (κ2) is 6.38. The van der Waals surface area contributed by atoms with E-state index >= 15 is 0 Å². The van der Waals surface area contributed by atoms with Crippen molar-refractivity contribution in [1.29, 1.82) is 0 Å². The first-order valence-corrected chi connectivity index (χ1v) is 5.84. The second-order valence-electron chi connectivity index (χ2n) is 3.96. The van der Waals surface area contributed by atoms with Crippen LogP contribution in [0.15, 0.2) is 42.9 Å². The SMILES string of the molecule is O=C(O)C=Cc1ccc(F)c(C(=O)Nc2cnccn2)c1. The van der Waals surface area contributed by atoms with Gasteiger partial charge in [-0.15, -0.1) is 0 Å². The largest absolute Gasteiger partial charge is 0.478 e. The lowest BCUT2D eigenvalue weighted by molar-refractivity contribution is -0.131. The van der Waals surface area contributed by atoms with Crippen LogP contribution in [0.5, 0.6) is 0 Å². The molecule has 1 heterocycles. The number of anilines is 1. The monoisotopic (exact) mass is 287 g/mol. The van der Waals surface area contributed by atoms with Crippen LogP contribution in [0.1, 0.15) is 15.9 Å². The zero-order valence-electron chi connectivity index (χ0n) is 10.7. The first-order valence-electron chi connectivity index (χ1n) is 5.84. The van der Waals surface area contributed by atoms with Crippen LogP contribution < -0.4 is 5.32 Å². The van der Waals surface area contributed by atoms with E-state index in [1.165, 1.54) is 36.8 Å². The molecular formula is C14H10FN3O3. The lowest BCUT2D eigenvalue weighted by atomic mass is 10.1. The van der Waals surface area contributed by atoms with Crippen LogP contribution in [0, 0.1) is 5.82 Å². The zero-order valence-corrected chi connectivity index (χ0v) is 10.7. The minimum absolute atomic E-state index is 0.188. The fourth-order valence-corrected chi connectivity index (χ4v) is 1.54. The van der Waals surface area contributed by atoms with E-state index in [1.54, 1.807) is 0 Å². The molecule has 2 N–H and O–H groups in total. The zero-order chi connectivity index (χ0) is 15.2. The van der Waals surface area contributed by atoms with Crippen LogP contribution in [0.3, 0.4) is 0 Å². The first kappa shape index (κ1) is 14.3. The minimum Gasteiger partial charge on any atom is -0.478 e. The predicted octanol–water partition coefficient (Wildman–Crippen LogP) is 1.97. The fraction of sp³-hybridized carbons (Fsp3) is 0. The van der Waals surface area contributed by atoms with Gasteiger partial charge in [-0.05, 0) is 23.8 Å². The van der Waals surface area contributed by atoms with E-state index in [9.17, 15) is 14.0 Å². The summed E-state index contributed by atoms with van der Waals surface area (Å²) in [6, 6.07) is 3.71. The molecule has 0 fully saturated rings. The molecule has 0 aliphatic rings. The molecule has 0 aliphatic heterocycles. The third-order valence-electron chi connectivity index (χ3n) is 2.46. The molecule has 0 aliphatic carbocycles. The third kappa shape index (κ3) is 3.93. The third-order valence-corrected chi connectivity index (χ3v) is 2.46. The lowest BCUT2D eigenvalue weighted by Crippen LogP contribution is -2.15. The van der Waals surface area contributed by atoms with Gasteiger partial charge < -0.3 is 10.4 Å². The summed E-state index contributed by atoms with van der Waals surface area (Å²) in [5, 5.41) is 10.9. The van der Waals surface area contributed by atoms with Gasteiger partial charge in [-0.2, -0.15) is 0 Å². The summed E-state index contributed by atoms with van der Waals surface area (Å²) >= 11 is 0. The summed E-state index contributed by atoms with van der Waals surface area (Å²) in [6.07, 6.45) is 6.31. The Morgan fingerprint density at radius 2 is 2.10 bits per heavy atom. The van der Waals surface area contributed by atoms with Gasteiger partial charge in [-0.1, -0.05) is 6.07 Å². The number of hydrogen-bond donors (Lipinski definition) is 2. The van der Waals surface area contributed by atoms with E-state index < -0.39 is 17.7 Å². The molecule has 21 heavy (non-hydrogen) atoms. The molecule has 7 heteroatoms. The Balaban J connectivity index is 2.24. The number of halogens is 1. The Bertz CT molecular complexity index is 702. The van der Waals surface area contributed by atoms with E-state index in [0.29, 0.717) is 5.56 Å². The Morgan fingerprint density at radius 1 is 1.29 bits per heavy atom. The van der Waals surface area contributed by atoms with Crippen LogP contribution in [0.4, 0.5) is 10.2 Å². The van der Waals surface area contributed by atoms with Crippen LogP contribution in [0.2, 0.25) is 0 Å². The second-order valence-corrected chi connectivity index (χ2v) is 3.96. The molecule has 0 saturated carbocycles. The van der Waals surface area contributed by atoms with Crippen molar-refractivity contribution in [1.82, 2.24) is 9.97 Å². The van der Waals surface area contributed by atoms with Gasteiger partial charge in [0.15, 0.2) is 5.82 Å². The number of benzene rings is 1. The predicted molar refractivity (Wildman–Crippen MR) is 73.1 cm³/mol. The van der Waals surface area contributed by atoms with Gasteiger partial charge in [0.2, 0.25) is 0 Å². The molecule has 2 rings (SSSR count). The topological polar surface area (TPSA) is 92.2 Å². The van der Waals surface area contributed by atoms with E-state index in [-0.39, 0.29) is 11.4 Å². The smallest absolute Gasteiger partial charge is 0.328 e. The summed E-state index contributed by atoms with van der Waals surface area (Å²) in [5.41, 5.74) is 0.177. The highest BCUT2D eigenvalue weighted by molar-refractivity contribution is 6.04. The van der Waals surface area contributed by atoms with Crippen molar-refractivity contribution < 1.29 is 19.1 Å². The maximum Gasteiger partial charge on any atom is 0.328 e. The molecule has 1 amide bonds. The minimum atomic E-state index is -1.13. The molecule has 0 bridgehead atoms. The Hall–Kier alpha value is -3.09. The molecule has 0 radical (unpaired) electrons. The van der Waals surface area contributed by atoms with Crippen LogP contribution in [-0.4, -0.2) is 27.0 Å². The number of nitrogens with one attached hydrogen (secondary N) is 1. The lowest BCUT2D eigenvalue weighted by Gasteiger charge is -2.05. The molecular weight excluding hydrogens is 277 g/mol. The van der Waals surface area contributed by atoms with Crippen LogP contribution >= 0.6 is 0 Å². The Morgan fingerprint density at radius 3 is 2.76 bits per heavy atom. The standard InChI is InChI=1S/C14H10FN3O3/c15-11-3-1-9(2-4-13(19)20)7-10(11)14(21)18-12-8-16-5-6-17-12/h1-8H,(H,19,20)(H,17,18,21). The summed E-state index contributed by atoms with van der Waals surface area (Å²) in [7, 11) is 0. The summed E-state index contributed by atoms with van der Waals surface area (Å²) < 4.78 is 13.7. The fourth-order valence-electron chi connectivity index (χ4n) is 1.54. The van der Waals surface area contributed by atoms with Crippen molar-refractivity contribution in [3.63, 3.8) is 0 Å². The van der Waals surface area contributed by atoms with Crippen molar-refractivity contribution in [2.45, 2.75) is 0 Å². The number of carboxylic acid groups (broad SMARTS) is 1. The highest BCUT2D eigenvalue weighted by atomic mass is 19.1. The molecule has 1 aromatic heterocycles. The highest BCUT2D eigenvalue weighted by Gasteiger charge is 2.12. The number of hydrogen-bond acceptors (Lipinski definition) is 4. The van der Waals surface area contributed by atoms with Crippen molar-refractivity contribution >= 4 is 23.8 Å². The molecule has 0 spiro atoms. The van der Waals surface area contributed by atoms with Gasteiger partial charge in [0, 0.05) is 18.5 Å². The number of nitrogens with zero attached hydrogens (tertiary/aromatic N) is 2. The maximum absolute atomic E-state index is 13.7. The number of amides is 1. The molecule has 0 atom stereocenters. The van der Waals surface area contributed by atoms with Gasteiger partial charge >= 0.3 is 5.97 Å². The molecule has 1 aromatic carbocycles. The Labute approximate surface area is 119 Å². The number of carboxylic acids is 1. The van der Waals surface area contributed by atoms with Crippen molar-refractivity contribution in [2.24, 2.45) is 0 Å². The number of aromatic nitrogens is 2. The number of rotatable bonds is 4. The van der Waals surface area contributed by atoms with E-state index in [0.717, 1.165) is 12.1 Å². The summed E-state index contributed by atoms with van der Waals surface area (Å²) in [4.78, 5) is 30.0. The van der Waals surface area contributed by atoms with Crippen molar-refractivity contribution in [3.05, 3.63) is 59.8 Å². The highest BCUT2D eigenvalue weighted by Crippen LogP contribution is 2.14. The molecule has 2 aromatic rings. The molecule has 0 saturated heterocycles. The van der Waals surface area contributed by atoms with Gasteiger partial charge in [-0.25, -0.2) is 14.2 Å². The van der Waals surface area contributed by atoms with Gasteiger partial charge in [0.25, 0.3) is 5.91 Å². The molecule has 106 valence electrons. The average Bonchev–Trinajstić information content (AvgIpc) is 2.47. The molecule has 6 nitrogen and oxygen atoms in total. The van der Waals surface area contributed by atoms with Gasteiger partial charge in [0.05, 0.1) is 11.8 Å². The van der Waals surface area contributed by atoms with Crippen molar-refractivity contribution in [3.8, 4) is 0 Å². The van der Waals surface area contributed by atoms with E-state index in [2.05, 4.69) is 15.3 Å². The van der Waals surface area contributed by atoms with E-state index in [4.69, 9.17) is 5.11 Å². The average molecular weight is 287 g/mol. The number of aliphatic carboxylic acids is 1. The van der Waals surface area contributed by atoms with Crippen LogP contribution in [0.25, 0.3) is 6.08 Å². The van der Waals surface area contributed by atoms with Gasteiger partial charge in [-0.3, -0.25) is 9.78 Å². The van der Waals surface area contributed by atoms with E-state index in [1.807, 2.05) is 0 Å². The maximum atomic E-state index is 13.7. The van der Waals surface area contributed by atoms with Crippen LogP contribution in [-0.2, 0) is 4.79 Å². The van der Waals surface area contributed by atoms with Crippen molar-refractivity contribution in [2.75, 3.05) is 5.32 Å².